The van der Waals surface area contributed by atoms with Gasteiger partial charge in [-0.1, -0.05) is 0 Å². The molecule has 0 bridgehead atoms. The van der Waals surface area contributed by atoms with Crippen LogP contribution < -0.4 is 5.73 Å². The third-order valence-corrected chi connectivity index (χ3v) is 1.95. The van der Waals surface area contributed by atoms with Gasteiger partial charge in [0.15, 0.2) is 0 Å². The highest BCUT2D eigenvalue weighted by molar-refractivity contribution is 5.76. The van der Waals surface area contributed by atoms with Crippen LogP contribution >= 0.6 is 0 Å². The Balaban J connectivity index is 1.86. The first kappa shape index (κ1) is 8.11. The van der Waals surface area contributed by atoms with E-state index in [0.29, 0.717) is 13.1 Å². The number of amides is 1. The predicted molar refractivity (Wildman–Crippen MR) is 42.4 cm³/mol. The van der Waals surface area contributed by atoms with Crippen molar-refractivity contribution in [2.24, 2.45) is 5.73 Å². The van der Waals surface area contributed by atoms with Crippen LogP contribution in [0.15, 0.2) is 6.33 Å². The largest absolute Gasteiger partial charge is 0.338 e. The highest BCUT2D eigenvalue weighted by Crippen LogP contribution is 2.05. The van der Waals surface area contributed by atoms with Crippen LogP contribution in [-0.4, -0.2) is 50.1 Å². The summed E-state index contributed by atoms with van der Waals surface area (Å²) in [5, 5.41) is 10.5. The molecule has 0 saturated carbocycles. The van der Waals surface area contributed by atoms with Gasteiger partial charge in [0.2, 0.25) is 5.91 Å². The van der Waals surface area contributed by atoms with Gasteiger partial charge in [0, 0.05) is 19.1 Å². The minimum atomic E-state index is 0.00833. The van der Waals surface area contributed by atoms with Crippen LogP contribution in [-0.2, 0) is 11.3 Å². The van der Waals surface area contributed by atoms with Crippen LogP contribution in [0.25, 0.3) is 0 Å². The number of nitrogens with two attached hydrogens (primary N) is 1. The van der Waals surface area contributed by atoms with Crippen molar-refractivity contribution in [1.29, 1.82) is 0 Å². The molecule has 0 aliphatic carbocycles. The molecule has 1 amide bonds. The van der Waals surface area contributed by atoms with Crippen LogP contribution in [0.3, 0.4) is 0 Å². The molecule has 1 aromatic rings. The van der Waals surface area contributed by atoms with E-state index in [0.717, 1.165) is 0 Å². The summed E-state index contributed by atoms with van der Waals surface area (Å²) in [6.45, 7) is 1.47. The highest BCUT2D eigenvalue weighted by Gasteiger charge is 2.27. The Morgan fingerprint density at radius 2 is 2.38 bits per heavy atom. The zero-order chi connectivity index (χ0) is 9.26. The second kappa shape index (κ2) is 3.09. The topological polar surface area (TPSA) is 89.9 Å². The maximum absolute atomic E-state index is 11.4. The van der Waals surface area contributed by atoms with E-state index in [1.807, 2.05) is 0 Å². The molecule has 2 rings (SSSR count). The van der Waals surface area contributed by atoms with Gasteiger partial charge in [0.05, 0.1) is 0 Å². The van der Waals surface area contributed by atoms with Gasteiger partial charge in [-0.05, 0) is 10.4 Å². The van der Waals surface area contributed by atoms with E-state index in [-0.39, 0.29) is 18.5 Å². The Labute approximate surface area is 74.5 Å². The Morgan fingerprint density at radius 1 is 1.62 bits per heavy atom. The molecular weight excluding hydrogens is 172 g/mol. The lowest BCUT2D eigenvalue weighted by atomic mass is 10.1. The Hall–Kier alpha value is -1.50. The van der Waals surface area contributed by atoms with Gasteiger partial charge < -0.3 is 10.6 Å². The molecule has 13 heavy (non-hydrogen) atoms. The van der Waals surface area contributed by atoms with Gasteiger partial charge in [-0.3, -0.25) is 4.79 Å². The normalized spacial score (nSPS) is 17.2. The van der Waals surface area contributed by atoms with Gasteiger partial charge in [-0.2, -0.15) is 0 Å². The fraction of sp³-hybridized carbons (Fsp3) is 0.667. The zero-order valence-corrected chi connectivity index (χ0v) is 7.00. The van der Waals surface area contributed by atoms with Crippen molar-refractivity contribution in [1.82, 2.24) is 25.1 Å². The molecule has 0 spiro atoms. The summed E-state index contributed by atoms with van der Waals surface area (Å²) in [7, 11) is 0. The lowest BCUT2D eigenvalue weighted by Crippen LogP contribution is -2.58. The Bertz CT molecular complexity index is 290. The van der Waals surface area contributed by atoms with Gasteiger partial charge in [0.1, 0.15) is 12.9 Å². The van der Waals surface area contributed by atoms with Gasteiger partial charge in [0.25, 0.3) is 0 Å². The summed E-state index contributed by atoms with van der Waals surface area (Å²) in [6.07, 6.45) is 1.41. The number of hydrogen-bond donors (Lipinski definition) is 1. The molecule has 2 N–H and O–H groups in total. The van der Waals surface area contributed by atoms with Crippen LogP contribution in [0.2, 0.25) is 0 Å². The summed E-state index contributed by atoms with van der Waals surface area (Å²) >= 11 is 0. The maximum atomic E-state index is 11.4. The van der Waals surface area contributed by atoms with E-state index in [2.05, 4.69) is 15.5 Å². The SMILES string of the molecule is NC1CN(C(=O)Cn2cnnn2)C1. The summed E-state index contributed by atoms with van der Waals surface area (Å²) in [6, 6.07) is 0.137. The van der Waals surface area contributed by atoms with Gasteiger partial charge in [-0.15, -0.1) is 5.10 Å². The molecule has 1 saturated heterocycles. The van der Waals surface area contributed by atoms with Crippen LogP contribution in [0.1, 0.15) is 0 Å². The minimum absolute atomic E-state index is 0.00833. The molecule has 70 valence electrons. The lowest BCUT2D eigenvalue weighted by molar-refractivity contribution is -0.136. The summed E-state index contributed by atoms with van der Waals surface area (Å²) < 4.78 is 1.40. The molecule has 7 heteroatoms. The van der Waals surface area contributed by atoms with Crippen LogP contribution in [0, 0.1) is 0 Å². The quantitative estimate of drug-likeness (QED) is 0.562. The average molecular weight is 182 g/mol. The van der Waals surface area contributed by atoms with Gasteiger partial charge in [-0.25, -0.2) is 4.68 Å². The second-order valence-electron chi connectivity index (χ2n) is 3.07. The number of carbonyl (C=O) groups is 1. The first-order valence-corrected chi connectivity index (χ1v) is 4.00. The number of rotatable bonds is 2. The maximum Gasteiger partial charge on any atom is 0.244 e. The summed E-state index contributed by atoms with van der Waals surface area (Å²) in [5.41, 5.74) is 5.54. The van der Waals surface area contributed by atoms with E-state index in [1.165, 1.54) is 11.0 Å². The van der Waals surface area contributed by atoms with E-state index >= 15 is 0 Å². The van der Waals surface area contributed by atoms with Crippen molar-refractivity contribution in [3.8, 4) is 0 Å². The highest BCUT2D eigenvalue weighted by atomic mass is 16.2. The zero-order valence-electron chi connectivity index (χ0n) is 7.00. The number of nitrogens with zero attached hydrogens (tertiary/aromatic N) is 5. The number of hydrogen-bond acceptors (Lipinski definition) is 5. The molecule has 7 nitrogen and oxygen atoms in total. The molecule has 2 heterocycles. The number of carbonyl (C=O) groups excluding carboxylic acids is 1. The monoisotopic (exact) mass is 182 g/mol. The molecule has 1 aliphatic rings. The van der Waals surface area contributed by atoms with Crippen LogP contribution in [0.5, 0.6) is 0 Å². The molecule has 0 atom stereocenters. The van der Waals surface area contributed by atoms with E-state index in [4.69, 9.17) is 5.73 Å². The smallest absolute Gasteiger partial charge is 0.244 e. The van der Waals surface area contributed by atoms with Gasteiger partial charge >= 0.3 is 0 Å². The first-order valence-electron chi connectivity index (χ1n) is 4.00. The van der Waals surface area contributed by atoms with E-state index in [9.17, 15) is 4.79 Å². The summed E-state index contributed by atoms with van der Waals surface area (Å²) in [4.78, 5) is 13.1. The summed E-state index contributed by atoms with van der Waals surface area (Å²) in [5.74, 6) is 0.00833. The van der Waals surface area contributed by atoms with Crippen molar-refractivity contribution >= 4 is 5.91 Å². The first-order chi connectivity index (χ1) is 6.25. The molecule has 1 fully saturated rings. The van der Waals surface area contributed by atoms with E-state index in [1.54, 1.807) is 4.90 Å². The van der Waals surface area contributed by atoms with Crippen molar-refractivity contribution in [3.63, 3.8) is 0 Å². The molecule has 1 aromatic heterocycles. The van der Waals surface area contributed by atoms with Crippen molar-refractivity contribution in [2.75, 3.05) is 13.1 Å². The molecular formula is C6H10N6O. The Morgan fingerprint density at radius 3 is 2.92 bits per heavy atom. The van der Waals surface area contributed by atoms with E-state index < -0.39 is 0 Å². The predicted octanol–water partition coefficient (Wildman–Crippen LogP) is -2.16. The molecule has 0 unspecified atom stereocenters. The number of aromatic nitrogens is 4. The Kier molecular flexibility index (Phi) is 1.93. The molecule has 0 aromatic carbocycles. The van der Waals surface area contributed by atoms with Crippen molar-refractivity contribution in [2.45, 2.75) is 12.6 Å². The second-order valence-corrected chi connectivity index (χ2v) is 3.07. The average Bonchev–Trinajstić information content (AvgIpc) is 2.51. The minimum Gasteiger partial charge on any atom is -0.338 e. The number of tetrazole rings is 1. The third-order valence-electron chi connectivity index (χ3n) is 1.95. The molecule has 0 radical (unpaired) electrons. The van der Waals surface area contributed by atoms with Crippen molar-refractivity contribution < 1.29 is 4.79 Å². The lowest BCUT2D eigenvalue weighted by Gasteiger charge is -2.36. The fourth-order valence-corrected chi connectivity index (χ4v) is 1.21. The molecule has 1 aliphatic heterocycles. The standard InChI is InChI=1S/C6H10N6O/c7-5-1-11(2-5)6(13)3-12-4-8-9-10-12/h4-5H,1-3,7H2. The van der Waals surface area contributed by atoms with Crippen LogP contribution in [0.4, 0.5) is 0 Å². The fourth-order valence-electron chi connectivity index (χ4n) is 1.21. The van der Waals surface area contributed by atoms with Crippen molar-refractivity contribution in [3.05, 3.63) is 6.33 Å². The number of likely N-dealkylation sites (tertiary alicyclic amines) is 1. The third kappa shape index (κ3) is 1.64.